The van der Waals surface area contributed by atoms with Crippen molar-refractivity contribution in [1.82, 2.24) is 4.90 Å². The first kappa shape index (κ1) is 29.5. The molecule has 41 heavy (non-hydrogen) atoms. The number of imide groups is 1. The number of carbonyl (C=O) groups is 4. The SMILES string of the molecule is COC(=O)c1c(NC(=O)C(Cc2ccccc2)N2C(=O)C3CCC(C)(C2=O)C3(C)C)sc2c1CCC(C(C)(C)C)C2. The van der Waals surface area contributed by atoms with Crippen molar-refractivity contribution >= 4 is 40.0 Å². The summed E-state index contributed by atoms with van der Waals surface area (Å²) >= 11 is 1.42. The van der Waals surface area contributed by atoms with Gasteiger partial charge in [-0.25, -0.2) is 4.79 Å². The molecule has 2 aromatic rings. The van der Waals surface area contributed by atoms with Gasteiger partial charge in [0.15, 0.2) is 0 Å². The van der Waals surface area contributed by atoms with Gasteiger partial charge in [0.05, 0.1) is 18.1 Å². The number of carbonyl (C=O) groups excluding carboxylic acids is 4. The summed E-state index contributed by atoms with van der Waals surface area (Å²) in [7, 11) is 1.35. The van der Waals surface area contributed by atoms with Crippen molar-refractivity contribution in [3.05, 3.63) is 51.9 Å². The average molecular weight is 579 g/mol. The molecule has 2 aliphatic carbocycles. The fourth-order valence-electron chi connectivity index (χ4n) is 7.21. The standard InChI is InChI=1S/C33H42N2O5S/c1-31(2,3)20-13-14-21-24(18-20)41-27(25(21)29(38)40-7)34-26(36)23(17-19-11-9-8-10-12-19)35-28(37)22-15-16-33(6,30(35)39)32(22,4)5/h8-12,20,22-23H,13-18H2,1-7H3,(H,34,36). The minimum atomic E-state index is -1.04. The van der Waals surface area contributed by atoms with E-state index in [0.29, 0.717) is 29.3 Å². The lowest BCUT2D eigenvalue weighted by Gasteiger charge is -2.49. The number of fused-ring (bicyclic) bond motifs is 3. The Labute approximate surface area is 247 Å². The normalized spacial score (nSPS) is 26.0. The first-order valence-electron chi connectivity index (χ1n) is 14.7. The minimum Gasteiger partial charge on any atom is -0.465 e. The molecule has 2 fully saturated rings. The van der Waals surface area contributed by atoms with Crippen LogP contribution in [-0.4, -0.2) is 41.7 Å². The molecule has 1 aromatic heterocycles. The number of likely N-dealkylation sites (tertiary alicyclic amines) is 1. The zero-order valence-corrected chi connectivity index (χ0v) is 26.1. The third-order valence-corrected chi connectivity index (χ3v) is 11.6. The van der Waals surface area contributed by atoms with E-state index in [0.717, 1.165) is 35.3 Å². The lowest BCUT2D eigenvalue weighted by atomic mass is 9.62. The van der Waals surface area contributed by atoms with Crippen LogP contribution in [0.1, 0.15) is 87.2 Å². The Morgan fingerprint density at radius 1 is 1.12 bits per heavy atom. The number of anilines is 1. The van der Waals surface area contributed by atoms with Crippen molar-refractivity contribution in [3.8, 4) is 0 Å². The number of hydrogen-bond donors (Lipinski definition) is 1. The van der Waals surface area contributed by atoms with Crippen LogP contribution >= 0.6 is 11.3 Å². The number of hydrogen-bond acceptors (Lipinski definition) is 6. The lowest BCUT2D eigenvalue weighted by Crippen LogP contribution is -2.64. The first-order valence-corrected chi connectivity index (χ1v) is 15.5. The van der Waals surface area contributed by atoms with Gasteiger partial charge in [0.1, 0.15) is 11.0 Å². The van der Waals surface area contributed by atoms with Crippen molar-refractivity contribution < 1.29 is 23.9 Å². The Hall–Kier alpha value is -3.00. The van der Waals surface area contributed by atoms with Gasteiger partial charge < -0.3 is 10.1 Å². The molecule has 4 atom stereocenters. The quantitative estimate of drug-likeness (QED) is 0.333. The Bertz CT molecular complexity index is 1390. The van der Waals surface area contributed by atoms with Gasteiger partial charge >= 0.3 is 5.97 Å². The molecule has 2 heterocycles. The van der Waals surface area contributed by atoms with Crippen molar-refractivity contribution in [1.29, 1.82) is 0 Å². The smallest absolute Gasteiger partial charge is 0.341 e. The van der Waals surface area contributed by atoms with Gasteiger partial charge in [0, 0.05) is 17.2 Å². The lowest BCUT2D eigenvalue weighted by molar-refractivity contribution is -0.172. The van der Waals surface area contributed by atoms with Crippen LogP contribution in [0.5, 0.6) is 0 Å². The van der Waals surface area contributed by atoms with Crippen LogP contribution in [0.15, 0.2) is 30.3 Å². The molecule has 1 aromatic carbocycles. The molecule has 0 spiro atoms. The van der Waals surface area contributed by atoms with E-state index in [1.54, 1.807) is 0 Å². The van der Waals surface area contributed by atoms with Gasteiger partial charge in [-0.05, 0) is 60.0 Å². The minimum absolute atomic E-state index is 0.121. The number of nitrogens with one attached hydrogen (secondary N) is 1. The first-order chi connectivity index (χ1) is 19.2. The van der Waals surface area contributed by atoms with Crippen molar-refractivity contribution in [3.63, 3.8) is 0 Å². The van der Waals surface area contributed by atoms with Crippen LogP contribution in [0.3, 0.4) is 0 Å². The second-order valence-corrected chi connectivity index (χ2v) is 15.0. The van der Waals surface area contributed by atoms with Gasteiger partial charge in [0.25, 0.3) is 0 Å². The number of esters is 1. The molecule has 1 saturated carbocycles. The molecule has 1 saturated heterocycles. The average Bonchev–Trinajstić information content (AvgIpc) is 3.36. The highest BCUT2D eigenvalue weighted by Crippen LogP contribution is 2.60. The predicted molar refractivity (Wildman–Crippen MR) is 160 cm³/mol. The van der Waals surface area contributed by atoms with Crippen molar-refractivity contribution in [2.75, 3.05) is 12.4 Å². The highest BCUT2D eigenvalue weighted by atomic mass is 32.1. The second-order valence-electron chi connectivity index (χ2n) is 13.9. The molecule has 220 valence electrons. The monoisotopic (exact) mass is 578 g/mol. The summed E-state index contributed by atoms with van der Waals surface area (Å²) in [5.74, 6) is -1.39. The Balaban J connectivity index is 1.53. The van der Waals surface area contributed by atoms with Gasteiger partial charge in [-0.1, -0.05) is 71.9 Å². The predicted octanol–water partition coefficient (Wildman–Crippen LogP) is 6.05. The molecule has 0 radical (unpaired) electrons. The molecule has 5 rings (SSSR count). The fraction of sp³-hybridized carbons (Fsp3) is 0.576. The van der Waals surface area contributed by atoms with Crippen molar-refractivity contribution in [2.45, 2.75) is 86.1 Å². The summed E-state index contributed by atoms with van der Waals surface area (Å²) < 4.78 is 5.15. The zero-order valence-electron chi connectivity index (χ0n) is 25.3. The molecule has 1 aliphatic heterocycles. The van der Waals surface area contributed by atoms with E-state index >= 15 is 0 Å². The van der Waals surface area contributed by atoms with E-state index in [9.17, 15) is 19.2 Å². The van der Waals surface area contributed by atoms with Crippen LogP contribution in [-0.2, 0) is 38.4 Å². The van der Waals surface area contributed by atoms with Gasteiger partial charge in [-0.2, -0.15) is 0 Å². The Morgan fingerprint density at radius 3 is 2.44 bits per heavy atom. The molecule has 7 nitrogen and oxygen atoms in total. The maximum absolute atomic E-state index is 14.2. The number of nitrogens with zero attached hydrogens (tertiary/aromatic N) is 1. The largest absolute Gasteiger partial charge is 0.465 e. The summed E-state index contributed by atoms with van der Waals surface area (Å²) in [6, 6.07) is 8.41. The summed E-state index contributed by atoms with van der Waals surface area (Å²) in [5, 5.41) is 3.45. The maximum Gasteiger partial charge on any atom is 0.341 e. The molecule has 2 bridgehead atoms. The fourth-order valence-corrected chi connectivity index (χ4v) is 8.53. The number of thiophene rings is 1. The molecule has 3 aliphatic rings. The Kier molecular flexibility index (Phi) is 7.46. The van der Waals surface area contributed by atoms with E-state index in [2.05, 4.69) is 26.1 Å². The third-order valence-electron chi connectivity index (χ3n) is 10.5. The van der Waals surface area contributed by atoms with Gasteiger partial charge in [-0.15, -0.1) is 11.3 Å². The highest BCUT2D eigenvalue weighted by molar-refractivity contribution is 7.17. The summed E-state index contributed by atoms with van der Waals surface area (Å²) in [6.45, 7) is 12.6. The number of rotatable bonds is 6. The number of piperidine rings is 1. The van der Waals surface area contributed by atoms with Crippen LogP contribution in [0.25, 0.3) is 0 Å². The second kappa shape index (κ2) is 10.4. The molecule has 1 N–H and O–H groups in total. The van der Waals surface area contributed by atoms with E-state index in [4.69, 9.17) is 4.74 Å². The van der Waals surface area contributed by atoms with E-state index in [-0.39, 0.29) is 29.6 Å². The van der Waals surface area contributed by atoms with Crippen LogP contribution in [0.2, 0.25) is 0 Å². The number of ether oxygens (including phenoxy) is 1. The third kappa shape index (κ3) is 4.82. The number of amides is 3. The van der Waals surface area contributed by atoms with Crippen LogP contribution in [0.4, 0.5) is 5.00 Å². The summed E-state index contributed by atoms with van der Waals surface area (Å²) in [5.41, 5.74) is 1.09. The molecular formula is C33H42N2O5S. The van der Waals surface area contributed by atoms with Gasteiger partial charge in [-0.3, -0.25) is 19.3 Å². The van der Waals surface area contributed by atoms with E-state index in [1.807, 2.05) is 51.1 Å². The zero-order chi connectivity index (χ0) is 29.9. The molecule has 3 amide bonds. The number of benzene rings is 1. The molecule has 4 unspecified atom stereocenters. The maximum atomic E-state index is 14.2. The van der Waals surface area contributed by atoms with E-state index in [1.165, 1.54) is 23.3 Å². The van der Waals surface area contributed by atoms with Crippen molar-refractivity contribution in [2.24, 2.45) is 28.1 Å². The molecular weight excluding hydrogens is 536 g/mol. The summed E-state index contributed by atoms with van der Waals surface area (Å²) in [6.07, 6.45) is 3.95. The molecule has 8 heteroatoms. The van der Waals surface area contributed by atoms with Crippen LogP contribution in [0, 0.1) is 28.1 Å². The highest BCUT2D eigenvalue weighted by Gasteiger charge is 2.65. The van der Waals surface area contributed by atoms with Crippen LogP contribution < -0.4 is 5.32 Å². The van der Waals surface area contributed by atoms with E-state index < -0.39 is 28.7 Å². The number of methoxy groups -OCH3 is 1. The Morgan fingerprint density at radius 2 is 1.80 bits per heavy atom. The van der Waals surface area contributed by atoms with Gasteiger partial charge in [0.2, 0.25) is 17.7 Å². The summed E-state index contributed by atoms with van der Waals surface area (Å²) in [4.78, 5) is 57.5. The topological polar surface area (TPSA) is 92.8 Å².